The lowest BCUT2D eigenvalue weighted by molar-refractivity contribution is 0.0924. The number of carbonyl (C=O) groups excluding carboxylic acids is 1. The van der Waals surface area contributed by atoms with Gasteiger partial charge in [0.15, 0.2) is 5.76 Å². The summed E-state index contributed by atoms with van der Waals surface area (Å²) in [5.41, 5.74) is 1.94. The normalized spacial score (nSPS) is 19.5. The summed E-state index contributed by atoms with van der Waals surface area (Å²) in [7, 11) is -2.04. The highest BCUT2D eigenvalue weighted by atomic mass is 32.2. The van der Waals surface area contributed by atoms with Crippen molar-refractivity contribution < 1.29 is 22.4 Å². The van der Waals surface area contributed by atoms with Gasteiger partial charge in [0, 0.05) is 36.1 Å². The third kappa shape index (κ3) is 4.63. The van der Waals surface area contributed by atoms with E-state index >= 15 is 0 Å². The molecule has 1 fully saturated rings. The lowest BCUT2D eigenvalue weighted by atomic mass is 9.94. The summed E-state index contributed by atoms with van der Waals surface area (Å²) in [4.78, 5) is 13.1. The fourth-order valence-electron chi connectivity index (χ4n) is 4.63. The quantitative estimate of drug-likeness (QED) is 0.579. The van der Waals surface area contributed by atoms with Crippen LogP contribution in [0.2, 0.25) is 0 Å². The van der Waals surface area contributed by atoms with Crippen LogP contribution in [0.1, 0.15) is 41.9 Å². The molecule has 1 aromatic heterocycles. The van der Waals surface area contributed by atoms with Crippen molar-refractivity contribution in [3.8, 4) is 5.75 Å². The Morgan fingerprint density at radius 1 is 1.15 bits per heavy atom. The summed E-state index contributed by atoms with van der Waals surface area (Å²) in [6.07, 6.45) is 1.03. The monoisotopic (exact) mass is 470 g/mol. The van der Waals surface area contributed by atoms with Crippen LogP contribution in [0, 0.1) is 18.8 Å². The lowest BCUT2D eigenvalue weighted by Gasteiger charge is -2.34. The number of hydrogen-bond donors (Lipinski definition) is 1. The first kappa shape index (κ1) is 23.3. The standard InChI is InChI=1S/C25H30N2O5S/c1-16-11-17(2)15-27(14-16)33(29,30)20-9-10-23-21(12-20)18(3)24(32-23)25(28)26-13-19-7-5-6-8-22(19)31-4/h5-10,12,16-17H,11,13-15H2,1-4H3,(H,26,28)/t16-,17+. The predicted octanol–water partition coefficient (Wildman–Crippen LogP) is 4.35. The van der Waals surface area contributed by atoms with Gasteiger partial charge in [-0.15, -0.1) is 0 Å². The number of carbonyl (C=O) groups is 1. The molecule has 2 atom stereocenters. The van der Waals surface area contributed by atoms with E-state index < -0.39 is 10.0 Å². The number of para-hydroxylation sites is 1. The molecular formula is C25H30N2O5S. The minimum atomic E-state index is -3.62. The summed E-state index contributed by atoms with van der Waals surface area (Å²) < 4.78 is 39.3. The van der Waals surface area contributed by atoms with Crippen molar-refractivity contribution in [2.24, 2.45) is 11.8 Å². The molecule has 1 saturated heterocycles. The van der Waals surface area contributed by atoms with Crippen molar-refractivity contribution in [2.45, 2.75) is 38.6 Å². The van der Waals surface area contributed by atoms with Crippen molar-refractivity contribution >= 4 is 26.9 Å². The third-order valence-electron chi connectivity index (χ3n) is 6.22. The minimum absolute atomic E-state index is 0.176. The molecule has 3 aromatic rings. The first-order valence-electron chi connectivity index (χ1n) is 11.1. The number of methoxy groups -OCH3 is 1. The second-order valence-electron chi connectivity index (χ2n) is 8.98. The van der Waals surface area contributed by atoms with Gasteiger partial charge in [0.2, 0.25) is 10.0 Å². The number of fused-ring (bicyclic) bond motifs is 1. The zero-order chi connectivity index (χ0) is 23.8. The highest BCUT2D eigenvalue weighted by molar-refractivity contribution is 7.89. The summed E-state index contributed by atoms with van der Waals surface area (Å²) in [6, 6.07) is 12.3. The average Bonchev–Trinajstić information content (AvgIpc) is 3.13. The number of ether oxygens (including phenoxy) is 1. The fraction of sp³-hybridized carbons (Fsp3) is 0.400. The smallest absolute Gasteiger partial charge is 0.287 e. The molecule has 7 nitrogen and oxygen atoms in total. The van der Waals surface area contributed by atoms with Crippen molar-refractivity contribution in [2.75, 3.05) is 20.2 Å². The molecule has 2 aromatic carbocycles. The van der Waals surface area contributed by atoms with Gasteiger partial charge in [0.05, 0.1) is 12.0 Å². The van der Waals surface area contributed by atoms with E-state index in [2.05, 4.69) is 19.2 Å². The van der Waals surface area contributed by atoms with E-state index in [9.17, 15) is 13.2 Å². The first-order chi connectivity index (χ1) is 15.7. The van der Waals surface area contributed by atoms with Crippen molar-refractivity contribution in [3.63, 3.8) is 0 Å². The van der Waals surface area contributed by atoms with Crippen molar-refractivity contribution in [1.82, 2.24) is 9.62 Å². The van der Waals surface area contributed by atoms with Gasteiger partial charge in [0.25, 0.3) is 5.91 Å². The highest BCUT2D eigenvalue weighted by Crippen LogP contribution is 2.31. The van der Waals surface area contributed by atoms with E-state index in [-0.39, 0.29) is 23.1 Å². The van der Waals surface area contributed by atoms with Crippen LogP contribution >= 0.6 is 0 Å². The molecule has 0 aliphatic carbocycles. The molecule has 1 amide bonds. The first-order valence-corrected chi connectivity index (χ1v) is 12.6. The van der Waals surface area contributed by atoms with Gasteiger partial charge < -0.3 is 14.5 Å². The molecular weight excluding hydrogens is 440 g/mol. The summed E-state index contributed by atoms with van der Waals surface area (Å²) in [6.45, 7) is 7.25. The number of rotatable bonds is 6. The van der Waals surface area contributed by atoms with E-state index in [4.69, 9.17) is 9.15 Å². The van der Waals surface area contributed by atoms with Crippen molar-refractivity contribution in [3.05, 3.63) is 59.4 Å². The maximum Gasteiger partial charge on any atom is 0.287 e. The maximum atomic E-state index is 13.3. The van der Waals surface area contributed by atoms with Gasteiger partial charge in [-0.3, -0.25) is 4.79 Å². The van der Waals surface area contributed by atoms with Crippen LogP contribution in [0.4, 0.5) is 0 Å². The SMILES string of the molecule is COc1ccccc1CNC(=O)c1oc2ccc(S(=O)(=O)N3C[C@H](C)C[C@H](C)C3)cc2c1C. The number of aryl methyl sites for hydroxylation is 1. The topological polar surface area (TPSA) is 88.8 Å². The summed E-state index contributed by atoms with van der Waals surface area (Å²) in [5, 5.41) is 3.48. The van der Waals surface area contributed by atoms with E-state index in [1.807, 2.05) is 24.3 Å². The molecule has 4 rings (SSSR count). The number of nitrogens with zero attached hydrogens (tertiary/aromatic N) is 1. The van der Waals surface area contributed by atoms with E-state index in [1.54, 1.807) is 36.5 Å². The van der Waals surface area contributed by atoms with Crippen LogP contribution in [0.15, 0.2) is 51.8 Å². The minimum Gasteiger partial charge on any atom is -0.496 e. The number of benzene rings is 2. The molecule has 1 N–H and O–H groups in total. The molecule has 0 bridgehead atoms. The molecule has 0 unspecified atom stereocenters. The van der Waals surface area contributed by atoms with Crippen LogP contribution in [0.25, 0.3) is 11.0 Å². The maximum absolute atomic E-state index is 13.3. The van der Waals surface area contributed by atoms with E-state index in [0.29, 0.717) is 47.2 Å². The summed E-state index contributed by atoms with van der Waals surface area (Å²) >= 11 is 0. The number of amides is 1. The zero-order valence-corrected chi connectivity index (χ0v) is 20.2. The molecule has 0 saturated carbocycles. The van der Waals surface area contributed by atoms with Gasteiger partial charge in [-0.05, 0) is 49.4 Å². The largest absolute Gasteiger partial charge is 0.496 e. The fourth-order valence-corrected chi connectivity index (χ4v) is 6.34. The number of sulfonamides is 1. The van der Waals surface area contributed by atoms with Crippen LogP contribution in [-0.4, -0.2) is 38.8 Å². The Morgan fingerprint density at radius 3 is 2.55 bits per heavy atom. The van der Waals surface area contributed by atoms with Gasteiger partial charge in [-0.2, -0.15) is 4.31 Å². The molecule has 1 aliphatic rings. The van der Waals surface area contributed by atoms with E-state index in [1.165, 1.54) is 0 Å². The van der Waals surface area contributed by atoms with Crippen LogP contribution in [0.5, 0.6) is 5.75 Å². The Bertz CT molecular complexity index is 1270. The number of nitrogens with one attached hydrogen (secondary N) is 1. The Kier molecular flexibility index (Phi) is 6.50. The third-order valence-corrected chi connectivity index (χ3v) is 8.05. The van der Waals surface area contributed by atoms with Gasteiger partial charge in [0.1, 0.15) is 11.3 Å². The predicted molar refractivity (Wildman–Crippen MR) is 127 cm³/mol. The molecule has 0 spiro atoms. The van der Waals surface area contributed by atoms with Crippen LogP contribution < -0.4 is 10.1 Å². The molecule has 33 heavy (non-hydrogen) atoms. The average molecular weight is 471 g/mol. The second-order valence-corrected chi connectivity index (χ2v) is 10.9. The number of hydrogen-bond acceptors (Lipinski definition) is 5. The van der Waals surface area contributed by atoms with Crippen LogP contribution in [-0.2, 0) is 16.6 Å². The molecule has 0 radical (unpaired) electrons. The Balaban J connectivity index is 1.58. The number of piperidine rings is 1. The molecule has 1 aliphatic heterocycles. The van der Waals surface area contributed by atoms with Gasteiger partial charge >= 0.3 is 0 Å². The van der Waals surface area contributed by atoms with E-state index in [0.717, 1.165) is 12.0 Å². The lowest BCUT2D eigenvalue weighted by Crippen LogP contribution is -2.42. The molecule has 2 heterocycles. The Hall–Kier alpha value is -2.84. The van der Waals surface area contributed by atoms with Gasteiger partial charge in [-0.25, -0.2) is 8.42 Å². The Labute approximate surface area is 194 Å². The summed E-state index contributed by atoms with van der Waals surface area (Å²) in [5.74, 6) is 1.14. The highest BCUT2D eigenvalue weighted by Gasteiger charge is 2.32. The zero-order valence-electron chi connectivity index (χ0n) is 19.4. The van der Waals surface area contributed by atoms with Gasteiger partial charge in [-0.1, -0.05) is 32.0 Å². The second kappa shape index (κ2) is 9.19. The molecule has 176 valence electrons. The van der Waals surface area contributed by atoms with Crippen molar-refractivity contribution in [1.29, 1.82) is 0 Å². The van der Waals surface area contributed by atoms with Crippen LogP contribution in [0.3, 0.4) is 0 Å². The number of furan rings is 1. The molecule has 8 heteroatoms. The Morgan fingerprint density at radius 2 is 1.85 bits per heavy atom.